The third-order valence-corrected chi connectivity index (χ3v) is 6.01. The lowest BCUT2D eigenvalue weighted by Gasteiger charge is -2.13. The van der Waals surface area contributed by atoms with Crippen LogP contribution in [0.15, 0.2) is 124 Å². The van der Waals surface area contributed by atoms with Gasteiger partial charge >= 0.3 is 0 Å². The van der Waals surface area contributed by atoms with Crippen molar-refractivity contribution in [1.29, 1.82) is 0 Å². The van der Waals surface area contributed by atoms with Crippen LogP contribution in [-0.4, -0.2) is 14.3 Å². The zero-order valence-corrected chi connectivity index (χ0v) is 18.2. The standard InChI is InChI=1S/C25H20N4O3S/c30-25(26-19-15-17-21(18-16-19)28-27-20-9-3-1-4-10-20)23-13-7-8-14-24(23)29-33(31,32)22-11-5-2-6-12-22/h1-18,29H,(H,26,30). The van der Waals surface area contributed by atoms with Crippen LogP contribution in [0.25, 0.3) is 0 Å². The molecule has 0 unspecified atom stereocenters. The predicted molar refractivity (Wildman–Crippen MR) is 129 cm³/mol. The third-order valence-electron chi connectivity index (χ3n) is 4.63. The van der Waals surface area contributed by atoms with Gasteiger partial charge in [-0.1, -0.05) is 48.5 Å². The van der Waals surface area contributed by atoms with E-state index in [-0.39, 0.29) is 16.1 Å². The molecule has 2 N–H and O–H groups in total. The Morgan fingerprint density at radius 3 is 1.85 bits per heavy atom. The molecule has 0 aliphatic rings. The lowest BCUT2D eigenvalue weighted by Crippen LogP contribution is -2.18. The van der Waals surface area contributed by atoms with Gasteiger partial charge in [-0.2, -0.15) is 10.2 Å². The molecule has 0 bridgehead atoms. The van der Waals surface area contributed by atoms with Crippen LogP contribution in [0.4, 0.5) is 22.7 Å². The molecule has 0 aromatic heterocycles. The minimum atomic E-state index is -3.83. The summed E-state index contributed by atoms with van der Waals surface area (Å²) in [5.74, 6) is -0.444. The molecule has 4 aromatic carbocycles. The molecule has 0 spiro atoms. The number of carbonyl (C=O) groups excluding carboxylic acids is 1. The average molecular weight is 457 g/mol. The normalized spacial score (nSPS) is 11.3. The SMILES string of the molecule is O=C(Nc1ccc(N=Nc2ccccc2)cc1)c1ccccc1NS(=O)(=O)c1ccccc1. The number of anilines is 2. The summed E-state index contributed by atoms with van der Waals surface area (Å²) < 4.78 is 27.8. The highest BCUT2D eigenvalue weighted by molar-refractivity contribution is 7.92. The Morgan fingerprint density at radius 1 is 0.636 bits per heavy atom. The molecule has 8 heteroatoms. The summed E-state index contributed by atoms with van der Waals surface area (Å²) in [6, 6.07) is 30.6. The van der Waals surface area contributed by atoms with Gasteiger partial charge in [0.2, 0.25) is 0 Å². The van der Waals surface area contributed by atoms with E-state index in [0.29, 0.717) is 11.4 Å². The minimum absolute atomic E-state index is 0.112. The van der Waals surface area contributed by atoms with Gasteiger partial charge in [-0.15, -0.1) is 0 Å². The number of nitrogens with zero attached hydrogens (tertiary/aromatic N) is 2. The molecule has 164 valence electrons. The van der Waals surface area contributed by atoms with E-state index in [0.717, 1.165) is 5.69 Å². The Bertz CT molecular complexity index is 1370. The molecular formula is C25H20N4O3S. The van der Waals surface area contributed by atoms with Crippen molar-refractivity contribution < 1.29 is 13.2 Å². The molecule has 4 rings (SSSR count). The van der Waals surface area contributed by atoms with Crippen LogP contribution in [0.3, 0.4) is 0 Å². The Balaban J connectivity index is 1.47. The van der Waals surface area contributed by atoms with Crippen molar-refractivity contribution in [3.05, 3.63) is 115 Å². The van der Waals surface area contributed by atoms with E-state index in [4.69, 9.17) is 0 Å². The molecule has 7 nitrogen and oxygen atoms in total. The minimum Gasteiger partial charge on any atom is -0.322 e. The lowest BCUT2D eigenvalue weighted by molar-refractivity contribution is 0.102. The van der Waals surface area contributed by atoms with Crippen molar-refractivity contribution in [3.63, 3.8) is 0 Å². The first-order valence-corrected chi connectivity index (χ1v) is 11.5. The second kappa shape index (κ2) is 9.88. The molecule has 33 heavy (non-hydrogen) atoms. The Labute approximate surface area is 191 Å². The maximum atomic E-state index is 12.9. The number of para-hydroxylation sites is 1. The number of rotatable bonds is 7. The first-order chi connectivity index (χ1) is 16.0. The second-order valence-corrected chi connectivity index (χ2v) is 8.68. The molecule has 0 saturated carbocycles. The predicted octanol–water partition coefficient (Wildman–Crippen LogP) is 6.16. The fourth-order valence-corrected chi connectivity index (χ4v) is 4.09. The van der Waals surface area contributed by atoms with Crippen molar-refractivity contribution in [2.75, 3.05) is 10.0 Å². The largest absolute Gasteiger partial charge is 0.322 e. The van der Waals surface area contributed by atoms with Crippen LogP contribution in [0.5, 0.6) is 0 Å². The number of nitrogens with one attached hydrogen (secondary N) is 2. The van der Waals surface area contributed by atoms with Crippen LogP contribution >= 0.6 is 0 Å². The van der Waals surface area contributed by atoms with Gasteiger partial charge in [0.15, 0.2) is 0 Å². The van der Waals surface area contributed by atoms with Gasteiger partial charge in [-0.3, -0.25) is 9.52 Å². The van der Waals surface area contributed by atoms with Crippen molar-refractivity contribution in [3.8, 4) is 0 Å². The highest BCUT2D eigenvalue weighted by atomic mass is 32.2. The fraction of sp³-hybridized carbons (Fsp3) is 0. The maximum absolute atomic E-state index is 12.9. The number of hydrogen-bond acceptors (Lipinski definition) is 5. The summed E-state index contributed by atoms with van der Waals surface area (Å²) >= 11 is 0. The number of azo groups is 1. The highest BCUT2D eigenvalue weighted by Gasteiger charge is 2.18. The quantitative estimate of drug-likeness (QED) is 0.326. The van der Waals surface area contributed by atoms with Gasteiger partial charge in [0.05, 0.1) is 27.5 Å². The summed E-state index contributed by atoms with van der Waals surface area (Å²) in [6.45, 7) is 0. The summed E-state index contributed by atoms with van der Waals surface area (Å²) in [5.41, 5.74) is 2.30. The smallest absolute Gasteiger partial charge is 0.261 e. The molecule has 0 fully saturated rings. The maximum Gasteiger partial charge on any atom is 0.261 e. The molecule has 0 aliphatic heterocycles. The third kappa shape index (κ3) is 5.69. The van der Waals surface area contributed by atoms with Gasteiger partial charge in [0.25, 0.3) is 15.9 Å². The summed E-state index contributed by atoms with van der Waals surface area (Å²) in [4.78, 5) is 13.0. The van der Waals surface area contributed by atoms with Crippen LogP contribution in [0, 0.1) is 0 Å². The Hall–Kier alpha value is -4.30. The van der Waals surface area contributed by atoms with E-state index < -0.39 is 15.9 Å². The summed E-state index contributed by atoms with van der Waals surface area (Å²) in [5, 5.41) is 11.1. The monoisotopic (exact) mass is 456 g/mol. The van der Waals surface area contributed by atoms with E-state index in [9.17, 15) is 13.2 Å². The van der Waals surface area contributed by atoms with E-state index >= 15 is 0 Å². The van der Waals surface area contributed by atoms with E-state index in [1.807, 2.05) is 30.3 Å². The molecule has 0 atom stereocenters. The van der Waals surface area contributed by atoms with Crippen LogP contribution in [0.2, 0.25) is 0 Å². The fourth-order valence-electron chi connectivity index (χ4n) is 2.99. The van der Waals surface area contributed by atoms with Gasteiger partial charge in [0, 0.05) is 5.69 Å². The summed E-state index contributed by atoms with van der Waals surface area (Å²) in [7, 11) is -3.83. The van der Waals surface area contributed by atoms with Crippen molar-refractivity contribution in [2.24, 2.45) is 10.2 Å². The van der Waals surface area contributed by atoms with Crippen molar-refractivity contribution in [2.45, 2.75) is 4.90 Å². The molecule has 0 aliphatic carbocycles. The van der Waals surface area contributed by atoms with Crippen LogP contribution in [-0.2, 0) is 10.0 Å². The molecule has 0 radical (unpaired) electrons. The number of sulfonamides is 1. The van der Waals surface area contributed by atoms with Gasteiger partial charge < -0.3 is 5.32 Å². The number of benzene rings is 4. The average Bonchev–Trinajstić information content (AvgIpc) is 2.85. The lowest BCUT2D eigenvalue weighted by atomic mass is 10.1. The highest BCUT2D eigenvalue weighted by Crippen LogP contribution is 2.23. The number of hydrogen-bond donors (Lipinski definition) is 2. The molecule has 0 heterocycles. The van der Waals surface area contributed by atoms with Crippen molar-refractivity contribution >= 4 is 38.7 Å². The van der Waals surface area contributed by atoms with E-state index in [2.05, 4.69) is 20.3 Å². The van der Waals surface area contributed by atoms with Crippen LogP contribution in [0.1, 0.15) is 10.4 Å². The van der Waals surface area contributed by atoms with E-state index in [1.165, 1.54) is 12.1 Å². The van der Waals surface area contributed by atoms with Crippen molar-refractivity contribution in [1.82, 2.24) is 0 Å². The van der Waals surface area contributed by atoms with E-state index in [1.54, 1.807) is 66.7 Å². The van der Waals surface area contributed by atoms with Crippen LogP contribution < -0.4 is 10.0 Å². The Kier molecular flexibility index (Phi) is 6.56. The number of amides is 1. The molecule has 1 amide bonds. The first-order valence-electron chi connectivity index (χ1n) is 10.1. The number of carbonyl (C=O) groups is 1. The van der Waals surface area contributed by atoms with Gasteiger partial charge in [0.1, 0.15) is 0 Å². The first kappa shape index (κ1) is 21.9. The molecular weight excluding hydrogens is 436 g/mol. The van der Waals surface area contributed by atoms with Gasteiger partial charge in [-0.05, 0) is 60.7 Å². The van der Waals surface area contributed by atoms with Gasteiger partial charge in [-0.25, -0.2) is 8.42 Å². The molecule has 0 saturated heterocycles. The zero-order chi connectivity index (χ0) is 23.1. The topological polar surface area (TPSA) is 100.0 Å². The summed E-state index contributed by atoms with van der Waals surface area (Å²) in [6.07, 6.45) is 0. The second-order valence-electron chi connectivity index (χ2n) is 7.00. The zero-order valence-electron chi connectivity index (χ0n) is 17.4. The Morgan fingerprint density at radius 2 is 1.18 bits per heavy atom. The molecule has 4 aromatic rings.